The monoisotopic (exact) mass is 310 g/mol. The van der Waals surface area contributed by atoms with E-state index in [1.807, 2.05) is 12.1 Å². The molecule has 0 radical (unpaired) electrons. The molecule has 4 heteroatoms. The molecule has 0 atom stereocenters. The molecule has 1 aliphatic heterocycles. The van der Waals surface area contributed by atoms with Gasteiger partial charge in [0.1, 0.15) is 5.75 Å². The lowest BCUT2D eigenvalue weighted by Gasteiger charge is -2.27. The molecule has 0 amide bonds. The number of nitrogens with one attached hydrogen (secondary N) is 1. The molecule has 0 aromatic heterocycles. The number of aryl methyl sites for hydroxylation is 1. The Morgan fingerprint density at radius 2 is 2.05 bits per heavy atom. The van der Waals surface area contributed by atoms with Crippen molar-refractivity contribution in [2.45, 2.75) is 32.6 Å². The predicted octanol–water partition coefficient (Wildman–Crippen LogP) is 3.36. The van der Waals surface area contributed by atoms with E-state index in [1.54, 1.807) is 0 Å². The van der Waals surface area contributed by atoms with Crippen LogP contribution in [0, 0.1) is 0 Å². The van der Waals surface area contributed by atoms with Gasteiger partial charge < -0.3 is 15.0 Å². The van der Waals surface area contributed by atoms with Crippen LogP contribution < -0.4 is 10.1 Å². The number of hydrogen-bond acceptors (Lipinski definition) is 3. The minimum atomic E-state index is 0.773. The lowest BCUT2D eigenvalue weighted by atomic mass is 10.1. The van der Waals surface area contributed by atoms with Gasteiger partial charge >= 0.3 is 0 Å². The van der Waals surface area contributed by atoms with E-state index in [0.717, 1.165) is 43.3 Å². The largest absolute Gasteiger partial charge is 0.493 e. The van der Waals surface area contributed by atoms with Crippen LogP contribution in [0.25, 0.3) is 0 Å². The van der Waals surface area contributed by atoms with Crippen LogP contribution in [0.1, 0.15) is 31.7 Å². The van der Waals surface area contributed by atoms with Crippen LogP contribution in [0.2, 0.25) is 5.02 Å². The third-order valence-electron chi connectivity index (χ3n) is 3.86. The summed E-state index contributed by atoms with van der Waals surface area (Å²) in [5.41, 5.74) is 1.25. The van der Waals surface area contributed by atoms with Crippen molar-refractivity contribution in [2.75, 3.05) is 39.3 Å². The molecule has 2 rings (SSSR count). The van der Waals surface area contributed by atoms with Crippen molar-refractivity contribution in [2.24, 2.45) is 0 Å². The third-order valence-corrected chi connectivity index (χ3v) is 4.10. The molecule has 1 saturated heterocycles. The molecule has 1 N–H and O–H groups in total. The average Bonchev–Trinajstić information content (AvgIpc) is 2.52. The van der Waals surface area contributed by atoms with Crippen LogP contribution in [0.5, 0.6) is 5.75 Å². The van der Waals surface area contributed by atoms with Gasteiger partial charge in [-0.05, 0) is 56.0 Å². The molecule has 0 aliphatic carbocycles. The highest BCUT2D eigenvalue weighted by Crippen LogP contribution is 2.24. The Morgan fingerprint density at radius 3 is 2.81 bits per heavy atom. The Bertz CT molecular complexity index is 419. The molecule has 3 nitrogen and oxygen atoms in total. The minimum Gasteiger partial charge on any atom is -0.493 e. The number of halogens is 1. The summed E-state index contributed by atoms with van der Waals surface area (Å²) >= 11 is 6.11. The quantitative estimate of drug-likeness (QED) is 0.745. The number of unbranched alkanes of at least 4 members (excludes halogenated alkanes) is 1. The van der Waals surface area contributed by atoms with E-state index >= 15 is 0 Å². The molecule has 0 unspecified atom stereocenters. The summed E-state index contributed by atoms with van der Waals surface area (Å²) in [5.74, 6) is 1.00. The van der Waals surface area contributed by atoms with Gasteiger partial charge in [0.15, 0.2) is 0 Å². The highest BCUT2D eigenvalue weighted by atomic mass is 35.5. The number of benzene rings is 1. The highest BCUT2D eigenvalue weighted by molar-refractivity contribution is 6.30. The second-order valence-corrected chi connectivity index (χ2v) is 6.09. The van der Waals surface area contributed by atoms with Gasteiger partial charge in [-0.2, -0.15) is 0 Å². The SMILES string of the molecule is CCCOc1ccc(Cl)cc1CCCCN1CCNCC1. The number of hydrogen-bond donors (Lipinski definition) is 1. The number of piperazine rings is 1. The summed E-state index contributed by atoms with van der Waals surface area (Å²) in [6.45, 7) is 8.72. The first kappa shape index (κ1) is 16.6. The van der Waals surface area contributed by atoms with E-state index in [0.29, 0.717) is 0 Å². The van der Waals surface area contributed by atoms with E-state index in [1.165, 1.54) is 38.0 Å². The topological polar surface area (TPSA) is 24.5 Å². The fourth-order valence-electron chi connectivity index (χ4n) is 2.68. The number of ether oxygens (including phenoxy) is 1. The molecule has 1 heterocycles. The summed E-state index contributed by atoms with van der Waals surface area (Å²) in [6.07, 6.45) is 4.50. The first-order valence-electron chi connectivity index (χ1n) is 8.14. The molecule has 1 aromatic carbocycles. The molecule has 1 aromatic rings. The highest BCUT2D eigenvalue weighted by Gasteiger charge is 2.09. The Hall–Kier alpha value is -0.770. The Balaban J connectivity index is 1.77. The van der Waals surface area contributed by atoms with Crippen molar-refractivity contribution in [1.82, 2.24) is 10.2 Å². The second kappa shape index (κ2) is 9.29. The van der Waals surface area contributed by atoms with Crippen molar-refractivity contribution in [3.05, 3.63) is 28.8 Å². The summed E-state index contributed by atoms with van der Waals surface area (Å²) in [7, 11) is 0. The Labute approximate surface area is 133 Å². The first-order chi connectivity index (χ1) is 10.3. The zero-order valence-corrected chi connectivity index (χ0v) is 13.8. The van der Waals surface area contributed by atoms with E-state index < -0.39 is 0 Å². The molecule has 118 valence electrons. The maximum atomic E-state index is 6.11. The van der Waals surface area contributed by atoms with Crippen molar-refractivity contribution >= 4 is 11.6 Å². The van der Waals surface area contributed by atoms with Gasteiger partial charge in [0, 0.05) is 31.2 Å². The van der Waals surface area contributed by atoms with E-state index in [4.69, 9.17) is 16.3 Å². The van der Waals surface area contributed by atoms with Crippen LogP contribution in [0.3, 0.4) is 0 Å². The van der Waals surface area contributed by atoms with Crippen LogP contribution in [-0.2, 0) is 6.42 Å². The second-order valence-electron chi connectivity index (χ2n) is 5.65. The smallest absolute Gasteiger partial charge is 0.122 e. The lowest BCUT2D eigenvalue weighted by Crippen LogP contribution is -2.43. The van der Waals surface area contributed by atoms with Gasteiger partial charge in [-0.3, -0.25) is 0 Å². The maximum absolute atomic E-state index is 6.11. The Kier molecular flexibility index (Phi) is 7.34. The first-order valence-corrected chi connectivity index (χ1v) is 8.51. The summed E-state index contributed by atoms with van der Waals surface area (Å²) in [4.78, 5) is 2.54. The van der Waals surface area contributed by atoms with Crippen molar-refractivity contribution in [1.29, 1.82) is 0 Å². The van der Waals surface area contributed by atoms with Crippen LogP contribution >= 0.6 is 11.6 Å². The zero-order chi connectivity index (χ0) is 14.9. The van der Waals surface area contributed by atoms with Gasteiger partial charge in [0.2, 0.25) is 0 Å². The molecule has 0 saturated carbocycles. The summed E-state index contributed by atoms with van der Waals surface area (Å²) < 4.78 is 5.81. The molecular weight excluding hydrogens is 284 g/mol. The fourth-order valence-corrected chi connectivity index (χ4v) is 2.88. The van der Waals surface area contributed by atoms with Gasteiger partial charge in [-0.25, -0.2) is 0 Å². The minimum absolute atomic E-state index is 0.773. The number of nitrogens with zero attached hydrogens (tertiary/aromatic N) is 1. The summed E-state index contributed by atoms with van der Waals surface area (Å²) in [6, 6.07) is 5.97. The van der Waals surface area contributed by atoms with Gasteiger partial charge in [0.25, 0.3) is 0 Å². The number of rotatable bonds is 8. The van der Waals surface area contributed by atoms with Gasteiger partial charge in [-0.15, -0.1) is 0 Å². The third kappa shape index (κ3) is 5.85. The molecule has 0 spiro atoms. The predicted molar refractivity (Wildman–Crippen MR) is 89.5 cm³/mol. The molecular formula is C17H27ClN2O. The van der Waals surface area contributed by atoms with Crippen LogP contribution in [-0.4, -0.2) is 44.2 Å². The van der Waals surface area contributed by atoms with Crippen molar-refractivity contribution in [3.63, 3.8) is 0 Å². The normalized spacial score (nSPS) is 16.1. The molecule has 1 aliphatic rings. The van der Waals surface area contributed by atoms with Gasteiger partial charge in [0.05, 0.1) is 6.61 Å². The van der Waals surface area contributed by atoms with Crippen molar-refractivity contribution in [3.8, 4) is 5.75 Å². The average molecular weight is 311 g/mol. The standard InChI is InChI=1S/C17H27ClN2O/c1-2-13-21-17-7-6-16(18)14-15(17)5-3-4-10-20-11-8-19-9-12-20/h6-7,14,19H,2-5,8-13H2,1H3. The van der Waals surface area contributed by atoms with E-state index in [-0.39, 0.29) is 0 Å². The zero-order valence-electron chi connectivity index (χ0n) is 13.0. The van der Waals surface area contributed by atoms with Crippen molar-refractivity contribution < 1.29 is 4.74 Å². The Morgan fingerprint density at radius 1 is 1.24 bits per heavy atom. The van der Waals surface area contributed by atoms with Crippen LogP contribution in [0.15, 0.2) is 18.2 Å². The lowest BCUT2D eigenvalue weighted by molar-refractivity contribution is 0.236. The van der Waals surface area contributed by atoms with E-state index in [2.05, 4.69) is 23.2 Å². The van der Waals surface area contributed by atoms with Crippen LogP contribution in [0.4, 0.5) is 0 Å². The van der Waals surface area contributed by atoms with E-state index in [9.17, 15) is 0 Å². The molecule has 21 heavy (non-hydrogen) atoms. The van der Waals surface area contributed by atoms with Gasteiger partial charge in [-0.1, -0.05) is 18.5 Å². The molecule has 1 fully saturated rings. The molecule has 0 bridgehead atoms. The summed E-state index contributed by atoms with van der Waals surface area (Å²) in [5, 5.41) is 4.19. The fraction of sp³-hybridized carbons (Fsp3) is 0.647. The maximum Gasteiger partial charge on any atom is 0.122 e.